The predicted octanol–water partition coefficient (Wildman–Crippen LogP) is 4.86. The standard InChI is InChI=1S/C26H20BrN3O9S/c1-3-38-26(32)17-7-9-19(10-8-17)29-25(31)18(15-28)11-16-12-22(27)24(23(13-16)37-2)39-40(35,36)21-6-4-5-20(14-21)30(33)34/h4-14H,3H2,1-2H3,(H,29,31)/b18-11+. The van der Waals surface area contributed by atoms with Gasteiger partial charge in [0.25, 0.3) is 11.6 Å². The van der Waals surface area contributed by atoms with Gasteiger partial charge in [-0.15, -0.1) is 0 Å². The number of amides is 1. The van der Waals surface area contributed by atoms with E-state index in [-0.39, 0.29) is 33.7 Å². The van der Waals surface area contributed by atoms with E-state index in [1.807, 2.05) is 0 Å². The van der Waals surface area contributed by atoms with Gasteiger partial charge in [-0.3, -0.25) is 14.9 Å². The normalized spacial score (nSPS) is 11.2. The number of carbonyl (C=O) groups excluding carboxylic acids is 2. The van der Waals surface area contributed by atoms with Crippen LogP contribution in [0.2, 0.25) is 0 Å². The number of hydrogen-bond acceptors (Lipinski definition) is 10. The fourth-order valence-corrected chi connectivity index (χ4v) is 4.88. The molecule has 0 spiro atoms. The zero-order chi connectivity index (χ0) is 29.4. The molecule has 0 bridgehead atoms. The second kappa shape index (κ2) is 12.9. The number of benzene rings is 3. The van der Waals surface area contributed by atoms with Crippen molar-refractivity contribution in [2.45, 2.75) is 11.8 Å². The number of anilines is 1. The Hall–Kier alpha value is -4.74. The molecule has 0 heterocycles. The highest BCUT2D eigenvalue weighted by molar-refractivity contribution is 9.10. The number of rotatable bonds is 10. The summed E-state index contributed by atoms with van der Waals surface area (Å²) in [6.07, 6.45) is 1.24. The van der Waals surface area contributed by atoms with E-state index in [0.717, 1.165) is 18.2 Å². The number of hydrogen-bond donors (Lipinski definition) is 1. The van der Waals surface area contributed by atoms with Crippen molar-refractivity contribution in [3.63, 3.8) is 0 Å². The van der Waals surface area contributed by atoms with Crippen molar-refractivity contribution in [2.24, 2.45) is 0 Å². The topological polar surface area (TPSA) is 175 Å². The zero-order valence-corrected chi connectivity index (χ0v) is 23.3. The summed E-state index contributed by atoms with van der Waals surface area (Å²) in [7, 11) is -3.25. The number of nitrogens with zero attached hydrogens (tertiary/aromatic N) is 2. The van der Waals surface area contributed by atoms with Crippen LogP contribution in [0.25, 0.3) is 6.08 Å². The Morgan fingerprint density at radius 3 is 2.45 bits per heavy atom. The molecule has 40 heavy (non-hydrogen) atoms. The van der Waals surface area contributed by atoms with Crippen LogP contribution in [0.15, 0.2) is 75.6 Å². The molecule has 3 aromatic rings. The number of non-ortho nitro benzene ring substituents is 1. The van der Waals surface area contributed by atoms with Gasteiger partial charge in [-0.1, -0.05) is 6.07 Å². The van der Waals surface area contributed by atoms with Crippen molar-refractivity contribution < 1.29 is 36.6 Å². The van der Waals surface area contributed by atoms with Crippen LogP contribution in [0.1, 0.15) is 22.8 Å². The first kappa shape index (κ1) is 29.8. The van der Waals surface area contributed by atoms with Crippen LogP contribution in [0.5, 0.6) is 11.5 Å². The highest BCUT2D eigenvalue weighted by Crippen LogP contribution is 2.39. The van der Waals surface area contributed by atoms with Crippen LogP contribution >= 0.6 is 15.9 Å². The van der Waals surface area contributed by atoms with Gasteiger partial charge in [0, 0.05) is 17.8 Å². The van der Waals surface area contributed by atoms with Gasteiger partial charge >= 0.3 is 16.1 Å². The summed E-state index contributed by atoms with van der Waals surface area (Å²) in [6.45, 7) is 1.90. The SMILES string of the molecule is CCOC(=O)c1ccc(NC(=O)/C(C#N)=C/c2cc(Br)c(OS(=O)(=O)c3cccc([N+](=O)[O-])c3)c(OC)c2)cc1. The number of halogens is 1. The van der Waals surface area contributed by atoms with E-state index in [1.165, 1.54) is 55.7 Å². The van der Waals surface area contributed by atoms with Gasteiger partial charge < -0.3 is 19.0 Å². The third-order valence-electron chi connectivity index (χ3n) is 5.09. The molecule has 0 fully saturated rings. The second-order valence-electron chi connectivity index (χ2n) is 7.75. The van der Waals surface area contributed by atoms with Crippen molar-refractivity contribution >= 4 is 55.4 Å². The molecule has 206 valence electrons. The Labute approximate surface area is 237 Å². The van der Waals surface area contributed by atoms with E-state index < -0.39 is 37.5 Å². The predicted molar refractivity (Wildman–Crippen MR) is 146 cm³/mol. The van der Waals surface area contributed by atoms with Gasteiger partial charge in [0.15, 0.2) is 11.5 Å². The first-order valence-electron chi connectivity index (χ1n) is 11.3. The number of carbonyl (C=O) groups is 2. The average Bonchev–Trinajstić information content (AvgIpc) is 2.93. The van der Waals surface area contributed by atoms with Crippen molar-refractivity contribution in [3.8, 4) is 17.6 Å². The highest BCUT2D eigenvalue weighted by atomic mass is 79.9. The van der Waals surface area contributed by atoms with Gasteiger partial charge in [-0.25, -0.2) is 4.79 Å². The molecule has 3 rings (SSSR count). The molecule has 0 saturated carbocycles. The lowest BCUT2D eigenvalue weighted by atomic mass is 10.1. The Bertz CT molecular complexity index is 1650. The summed E-state index contributed by atoms with van der Waals surface area (Å²) < 4.78 is 41.1. The largest absolute Gasteiger partial charge is 0.493 e. The fourth-order valence-electron chi connectivity index (χ4n) is 3.23. The van der Waals surface area contributed by atoms with E-state index in [9.17, 15) is 33.4 Å². The summed E-state index contributed by atoms with van der Waals surface area (Å²) in [5.74, 6) is -1.57. The molecule has 0 saturated heterocycles. The fraction of sp³-hybridized carbons (Fsp3) is 0.115. The van der Waals surface area contributed by atoms with Crippen LogP contribution in [-0.4, -0.2) is 38.9 Å². The lowest BCUT2D eigenvalue weighted by Gasteiger charge is -2.13. The first-order valence-corrected chi connectivity index (χ1v) is 13.5. The van der Waals surface area contributed by atoms with E-state index in [4.69, 9.17) is 13.7 Å². The second-order valence-corrected chi connectivity index (χ2v) is 10.1. The van der Waals surface area contributed by atoms with Crippen LogP contribution in [0.3, 0.4) is 0 Å². The Kier molecular flexibility index (Phi) is 9.59. The van der Waals surface area contributed by atoms with Crippen molar-refractivity contribution in [1.29, 1.82) is 5.26 Å². The monoisotopic (exact) mass is 629 g/mol. The Morgan fingerprint density at radius 2 is 1.85 bits per heavy atom. The van der Waals surface area contributed by atoms with Crippen LogP contribution in [0.4, 0.5) is 11.4 Å². The lowest BCUT2D eigenvalue weighted by Crippen LogP contribution is -2.14. The summed E-state index contributed by atoms with van der Waals surface area (Å²) in [6, 6.07) is 14.7. The molecule has 0 aliphatic carbocycles. The molecular weight excluding hydrogens is 610 g/mol. The molecule has 0 atom stereocenters. The van der Waals surface area contributed by atoms with Crippen molar-refractivity contribution in [1.82, 2.24) is 0 Å². The molecule has 12 nitrogen and oxygen atoms in total. The third kappa shape index (κ3) is 7.22. The van der Waals surface area contributed by atoms with E-state index in [0.29, 0.717) is 11.3 Å². The first-order chi connectivity index (χ1) is 19.0. The molecule has 0 aliphatic rings. The number of nitro benzene ring substituents is 1. The molecule has 0 unspecified atom stereocenters. The Balaban J connectivity index is 1.86. The molecular formula is C26H20BrN3O9S. The molecule has 3 aromatic carbocycles. The maximum absolute atomic E-state index is 12.8. The quantitative estimate of drug-likeness (QED) is 0.0814. The van der Waals surface area contributed by atoms with E-state index in [1.54, 1.807) is 13.0 Å². The number of nitro groups is 1. The molecule has 0 aliphatic heterocycles. The number of nitriles is 1. The molecule has 14 heteroatoms. The van der Waals surface area contributed by atoms with Crippen LogP contribution in [0, 0.1) is 21.4 Å². The van der Waals surface area contributed by atoms with E-state index >= 15 is 0 Å². The smallest absolute Gasteiger partial charge is 0.339 e. The van der Waals surface area contributed by atoms with Gasteiger partial charge in [-0.2, -0.15) is 13.7 Å². The minimum atomic E-state index is -4.50. The molecule has 1 amide bonds. The minimum Gasteiger partial charge on any atom is -0.493 e. The minimum absolute atomic E-state index is 0.0677. The van der Waals surface area contributed by atoms with Crippen LogP contribution in [-0.2, 0) is 19.6 Å². The lowest BCUT2D eigenvalue weighted by molar-refractivity contribution is -0.385. The number of nitrogens with one attached hydrogen (secondary N) is 1. The molecule has 0 aromatic heterocycles. The van der Waals surface area contributed by atoms with Crippen LogP contribution < -0.4 is 14.2 Å². The van der Waals surface area contributed by atoms with Gasteiger partial charge in [0.05, 0.1) is 28.7 Å². The van der Waals surface area contributed by atoms with Crippen molar-refractivity contribution in [2.75, 3.05) is 19.0 Å². The third-order valence-corrected chi connectivity index (χ3v) is 6.90. The van der Waals surface area contributed by atoms with Gasteiger partial charge in [-0.05, 0) is 77.0 Å². The summed E-state index contributed by atoms with van der Waals surface area (Å²) in [5, 5.41) is 23.1. The highest BCUT2D eigenvalue weighted by Gasteiger charge is 2.24. The van der Waals surface area contributed by atoms with Crippen molar-refractivity contribution in [3.05, 3.63) is 92.0 Å². The number of esters is 1. The summed E-state index contributed by atoms with van der Waals surface area (Å²) in [5.41, 5.74) is 0.179. The zero-order valence-electron chi connectivity index (χ0n) is 20.9. The van der Waals surface area contributed by atoms with Gasteiger partial charge in [0.1, 0.15) is 16.5 Å². The summed E-state index contributed by atoms with van der Waals surface area (Å²) >= 11 is 3.21. The number of ether oxygens (including phenoxy) is 2. The maximum atomic E-state index is 12.8. The van der Waals surface area contributed by atoms with Gasteiger partial charge in [0.2, 0.25) is 0 Å². The maximum Gasteiger partial charge on any atom is 0.339 e. The molecule has 1 N–H and O–H groups in total. The Morgan fingerprint density at radius 1 is 1.15 bits per heavy atom. The molecule has 0 radical (unpaired) electrons. The van der Waals surface area contributed by atoms with E-state index in [2.05, 4.69) is 21.2 Å². The number of methoxy groups -OCH3 is 1. The summed E-state index contributed by atoms with van der Waals surface area (Å²) in [4.78, 5) is 34.3. The average molecular weight is 630 g/mol.